The number of ether oxygens (including phenoxy) is 2. The Morgan fingerprint density at radius 2 is 2.08 bits per heavy atom. The van der Waals surface area contributed by atoms with Crippen molar-refractivity contribution in [2.24, 2.45) is 5.11 Å². The standard InChI is InChI=1S/C15H21N3O5S/c1-10(20)13(8-19)23-15(24-2)12(17-18-16)9-22-14(21)11-6-4-3-5-7-11/h3-7,10,12-13,15,19-20H,8-9H2,1-2H3/t10-,12-,13?,15-/m0/s1. The molecule has 1 aromatic rings. The molecule has 0 fully saturated rings. The fourth-order valence-electron chi connectivity index (χ4n) is 1.84. The number of aliphatic hydroxyl groups excluding tert-OH is 2. The number of benzene rings is 1. The van der Waals surface area contributed by atoms with Crippen molar-refractivity contribution in [2.45, 2.75) is 30.6 Å². The lowest BCUT2D eigenvalue weighted by Crippen LogP contribution is -2.38. The summed E-state index contributed by atoms with van der Waals surface area (Å²) >= 11 is 1.23. The number of rotatable bonds is 10. The molecular weight excluding hydrogens is 334 g/mol. The van der Waals surface area contributed by atoms with Gasteiger partial charge in [-0.3, -0.25) is 0 Å². The van der Waals surface area contributed by atoms with E-state index in [0.29, 0.717) is 5.56 Å². The van der Waals surface area contributed by atoms with E-state index >= 15 is 0 Å². The van der Waals surface area contributed by atoms with Crippen molar-refractivity contribution in [2.75, 3.05) is 19.5 Å². The Hall–Kier alpha value is -1.77. The number of azide groups is 1. The maximum Gasteiger partial charge on any atom is 0.338 e. The molecule has 0 aliphatic carbocycles. The molecule has 0 aliphatic heterocycles. The van der Waals surface area contributed by atoms with Crippen LogP contribution in [0, 0.1) is 0 Å². The number of carbonyl (C=O) groups is 1. The van der Waals surface area contributed by atoms with E-state index in [1.165, 1.54) is 18.7 Å². The Labute approximate surface area is 144 Å². The normalized spacial score (nSPS) is 15.7. The highest BCUT2D eigenvalue weighted by Crippen LogP contribution is 2.20. The van der Waals surface area contributed by atoms with E-state index in [9.17, 15) is 15.0 Å². The minimum absolute atomic E-state index is 0.179. The minimum atomic E-state index is -0.900. The van der Waals surface area contributed by atoms with E-state index in [0.717, 1.165) is 0 Å². The lowest BCUT2D eigenvalue weighted by Gasteiger charge is -2.27. The highest BCUT2D eigenvalue weighted by Gasteiger charge is 2.27. The van der Waals surface area contributed by atoms with Crippen molar-refractivity contribution in [3.05, 3.63) is 46.3 Å². The van der Waals surface area contributed by atoms with Crippen molar-refractivity contribution in [1.82, 2.24) is 0 Å². The summed E-state index contributed by atoms with van der Waals surface area (Å²) in [5.41, 5.74) is 8.42. The van der Waals surface area contributed by atoms with Gasteiger partial charge in [-0.25, -0.2) is 4.79 Å². The van der Waals surface area contributed by atoms with Gasteiger partial charge in [0.05, 0.1) is 18.3 Å². The van der Waals surface area contributed by atoms with Crippen LogP contribution in [0.3, 0.4) is 0 Å². The molecule has 2 N–H and O–H groups in total. The number of aliphatic hydroxyl groups is 2. The second-order valence-corrected chi connectivity index (χ2v) is 5.87. The van der Waals surface area contributed by atoms with E-state index in [4.69, 9.17) is 15.0 Å². The van der Waals surface area contributed by atoms with Crippen LogP contribution in [0.5, 0.6) is 0 Å². The SMILES string of the molecule is CS[C@H](OC(CO)[C@H](C)O)[C@H](COC(=O)c1ccccc1)N=[N+]=[N-]. The summed E-state index contributed by atoms with van der Waals surface area (Å²) in [5.74, 6) is -0.539. The predicted octanol–water partition coefficient (Wildman–Crippen LogP) is 1.97. The zero-order valence-corrected chi connectivity index (χ0v) is 14.3. The topological polar surface area (TPSA) is 125 Å². The zero-order valence-electron chi connectivity index (χ0n) is 13.5. The van der Waals surface area contributed by atoms with Crippen molar-refractivity contribution >= 4 is 17.7 Å². The Morgan fingerprint density at radius 1 is 1.42 bits per heavy atom. The van der Waals surface area contributed by atoms with Crippen LogP contribution in [0.15, 0.2) is 35.4 Å². The molecule has 0 saturated carbocycles. The number of carbonyl (C=O) groups excluding carboxylic acids is 1. The van der Waals surface area contributed by atoms with E-state index in [-0.39, 0.29) is 13.2 Å². The molecule has 0 radical (unpaired) electrons. The van der Waals surface area contributed by atoms with Crippen LogP contribution in [0.25, 0.3) is 10.4 Å². The fourth-order valence-corrected chi connectivity index (χ4v) is 2.54. The van der Waals surface area contributed by atoms with E-state index in [2.05, 4.69) is 10.0 Å². The second kappa shape index (κ2) is 10.9. The summed E-state index contributed by atoms with van der Waals surface area (Å²) in [4.78, 5) is 14.7. The first-order chi connectivity index (χ1) is 11.5. The maximum absolute atomic E-state index is 12.0. The summed E-state index contributed by atoms with van der Waals surface area (Å²) in [6.07, 6.45) is -0.00745. The zero-order chi connectivity index (χ0) is 17.9. The van der Waals surface area contributed by atoms with E-state index < -0.39 is 29.7 Å². The lowest BCUT2D eigenvalue weighted by atomic mass is 10.2. The van der Waals surface area contributed by atoms with Crippen LogP contribution in [-0.2, 0) is 9.47 Å². The van der Waals surface area contributed by atoms with Crippen LogP contribution < -0.4 is 0 Å². The molecule has 1 aromatic carbocycles. The Morgan fingerprint density at radius 3 is 2.58 bits per heavy atom. The summed E-state index contributed by atoms with van der Waals surface area (Å²) < 4.78 is 10.7. The first-order valence-electron chi connectivity index (χ1n) is 7.27. The third-order valence-electron chi connectivity index (χ3n) is 3.17. The van der Waals surface area contributed by atoms with Crippen molar-refractivity contribution in [3.8, 4) is 0 Å². The van der Waals surface area contributed by atoms with E-state index in [1.54, 1.807) is 36.6 Å². The molecule has 0 amide bonds. The molecule has 9 heteroatoms. The van der Waals surface area contributed by atoms with Crippen molar-refractivity contribution < 1.29 is 24.5 Å². The highest BCUT2D eigenvalue weighted by atomic mass is 32.2. The van der Waals surface area contributed by atoms with Crippen molar-refractivity contribution in [1.29, 1.82) is 0 Å². The van der Waals surface area contributed by atoms with Gasteiger partial charge in [0.25, 0.3) is 0 Å². The molecule has 0 saturated heterocycles. The Kier molecular flexibility index (Phi) is 9.21. The summed E-state index contributed by atoms with van der Waals surface area (Å²) in [5, 5.41) is 22.4. The van der Waals surface area contributed by atoms with E-state index in [1.807, 2.05) is 0 Å². The highest BCUT2D eigenvalue weighted by molar-refractivity contribution is 7.99. The molecule has 8 nitrogen and oxygen atoms in total. The van der Waals surface area contributed by atoms with Crippen LogP contribution in [0.1, 0.15) is 17.3 Å². The molecule has 132 valence electrons. The Bertz CT molecular complexity index is 551. The van der Waals surface area contributed by atoms with Gasteiger partial charge in [0.2, 0.25) is 0 Å². The summed E-state index contributed by atoms with van der Waals surface area (Å²) in [6, 6.07) is 7.63. The quantitative estimate of drug-likeness (QED) is 0.217. The molecule has 1 rings (SSSR count). The fraction of sp³-hybridized carbons (Fsp3) is 0.533. The third kappa shape index (κ3) is 6.38. The molecule has 1 unspecified atom stereocenters. The van der Waals surface area contributed by atoms with Gasteiger partial charge in [-0.05, 0) is 30.8 Å². The molecule has 0 spiro atoms. The third-order valence-corrected chi connectivity index (χ3v) is 4.06. The van der Waals surface area contributed by atoms with Gasteiger partial charge in [0.1, 0.15) is 24.2 Å². The first kappa shape index (κ1) is 20.3. The van der Waals surface area contributed by atoms with Crippen LogP contribution in [0.4, 0.5) is 0 Å². The number of hydrogen-bond acceptors (Lipinski definition) is 7. The van der Waals surface area contributed by atoms with Crippen LogP contribution in [-0.4, -0.2) is 59.3 Å². The smallest absolute Gasteiger partial charge is 0.338 e. The molecule has 24 heavy (non-hydrogen) atoms. The van der Waals surface area contributed by atoms with Gasteiger partial charge in [-0.15, -0.1) is 11.8 Å². The van der Waals surface area contributed by atoms with Gasteiger partial charge < -0.3 is 19.7 Å². The summed E-state index contributed by atoms with van der Waals surface area (Å²) in [7, 11) is 0. The first-order valence-corrected chi connectivity index (χ1v) is 8.55. The number of thioether (sulfide) groups is 1. The largest absolute Gasteiger partial charge is 0.462 e. The predicted molar refractivity (Wildman–Crippen MR) is 90.6 cm³/mol. The van der Waals surface area contributed by atoms with Gasteiger partial charge in [-0.2, -0.15) is 0 Å². The maximum atomic E-state index is 12.0. The Balaban J connectivity index is 2.73. The number of hydrogen-bond donors (Lipinski definition) is 2. The average molecular weight is 355 g/mol. The molecule has 0 aliphatic rings. The molecular formula is C15H21N3O5S. The van der Waals surface area contributed by atoms with Crippen LogP contribution >= 0.6 is 11.8 Å². The molecule has 4 atom stereocenters. The molecule has 0 heterocycles. The van der Waals surface area contributed by atoms with Gasteiger partial charge in [0, 0.05) is 4.91 Å². The molecule has 0 bridgehead atoms. The average Bonchev–Trinajstić information content (AvgIpc) is 2.60. The van der Waals surface area contributed by atoms with Gasteiger partial charge >= 0.3 is 5.97 Å². The lowest BCUT2D eigenvalue weighted by molar-refractivity contribution is -0.0747. The number of esters is 1. The monoisotopic (exact) mass is 355 g/mol. The van der Waals surface area contributed by atoms with Gasteiger partial charge in [0.15, 0.2) is 0 Å². The minimum Gasteiger partial charge on any atom is -0.462 e. The second-order valence-electron chi connectivity index (χ2n) is 4.94. The van der Waals surface area contributed by atoms with Gasteiger partial charge in [-0.1, -0.05) is 23.3 Å². The van der Waals surface area contributed by atoms with Crippen molar-refractivity contribution in [3.63, 3.8) is 0 Å². The number of nitrogens with zero attached hydrogens (tertiary/aromatic N) is 3. The molecule has 0 aromatic heterocycles. The van der Waals surface area contributed by atoms with Crippen LogP contribution in [0.2, 0.25) is 0 Å². The summed E-state index contributed by atoms with van der Waals surface area (Å²) in [6.45, 7) is 0.916.